The van der Waals surface area contributed by atoms with Crippen molar-refractivity contribution in [2.45, 2.75) is 0 Å². The lowest BCUT2D eigenvalue weighted by Gasteiger charge is -2.12. The summed E-state index contributed by atoms with van der Waals surface area (Å²) < 4.78 is 11.8. The van der Waals surface area contributed by atoms with E-state index >= 15 is 0 Å². The van der Waals surface area contributed by atoms with Crippen LogP contribution in [-0.4, -0.2) is 15.0 Å². The summed E-state index contributed by atoms with van der Waals surface area (Å²) in [4.78, 5) is 15.9. The van der Waals surface area contributed by atoms with Crippen LogP contribution >= 0.6 is 22.7 Å². The first-order valence-electron chi connectivity index (χ1n) is 23.1. The minimum Gasteiger partial charge on any atom is -0.456 e. The van der Waals surface area contributed by atoms with Crippen LogP contribution in [0.25, 0.3) is 141 Å². The molecule has 4 heterocycles. The molecule has 0 aliphatic carbocycles. The molecule has 14 rings (SSSR count). The minimum atomic E-state index is 0.578. The zero-order valence-corrected chi connectivity index (χ0v) is 38.6. The fraction of sp³-hybridized carbons (Fsp3) is 0. The summed E-state index contributed by atoms with van der Waals surface area (Å²) in [5.41, 5.74) is 13.4. The number of furan rings is 1. The Morgan fingerprint density at radius 2 is 0.797 bits per heavy atom. The Labute approximate surface area is 405 Å². The molecular formula is C63H37N3OS2. The molecule has 4 aromatic heterocycles. The van der Waals surface area contributed by atoms with Gasteiger partial charge in [-0.1, -0.05) is 164 Å². The van der Waals surface area contributed by atoms with E-state index in [4.69, 9.17) is 19.4 Å². The Balaban J connectivity index is 0.964. The summed E-state index contributed by atoms with van der Waals surface area (Å²) in [6.45, 7) is 0. The fourth-order valence-corrected chi connectivity index (χ4v) is 12.3. The molecule has 0 radical (unpaired) electrons. The normalized spacial score (nSPS) is 11.8. The van der Waals surface area contributed by atoms with E-state index < -0.39 is 0 Å². The van der Waals surface area contributed by atoms with Gasteiger partial charge in [0, 0.05) is 67.8 Å². The number of nitrogens with zero attached hydrogens (tertiary/aromatic N) is 3. The smallest absolute Gasteiger partial charge is 0.164 e. The molecule has 0 amide bonds. The molecule has 0 bridgehead atoms. The number of hydrogen-bond donors (Lipinski definition) is 0. The van der Waals surface area contributed by atoms with Crippen LogP contribution < -0.4 is 0 Å². The third kappa shape index (κ3) is 6.83. The Morgan fingerprint density at radius 1 is 0.261 bits per heavy atom. The number of aromatic nitrogens is 3. The van der Waals surface area contributed by atoms with Crippen LogP contribution in [0.2, 0.25) is 0 Å². The van der Waals surface area contributed by atoms with Crippen molar-refractivity contribution in [1.82, 2.24) is 15.0 Å². The molecule has 0 unspecified atom stereocenters. The molecule has 0 aliphatic rings. The first-order chi connectivity index (χ1) is 34.1. The predicted octanol–water partition coefficient (Wildman–Crippen LogP) is 18.2. The van der Waals surface area contributed by atoms with Gasteiger partial charge in [-0.15, -0.1) is 22.7 Å². The van der Waals surface area contributed by atoms with E-state index in [0.29, 0.717) is 17.5 Å². The van der Waals surface area contributed by atoms with E-state index in [2.05, 4.69) is 200 Å². The molecule has 322 valence electrons. The van der Waals surface area contributed by atoms with Crippen molar-refractivity contribution in [2.24, 2.45) is 0 Å². The van der Waals surface area contributed by atoms with Gasteiger partial charge < -0.3 is 4.42 Å². The molecule has 0 atom stereocenters. The predicted molar refractivity (Wildman–Crippen MR) is 291 cm³/mol. The Morgan fingerprint density at radius 3 is 1.52 bits per heavy atom. The van der Waals surface area contributed by atoms with Crippen molar-refractivity contribution in [1.29, 1.82) is 0 Å². The molecule has 0 saturated heterocycles. The zero-order valence-electron chi connectivity index (χ0n) is 36.9. The number of thiophene rings is 2. The second kappa shape index (κ2) is 16.1. The fourth-order valence-electron chi connectivity index (χ4n) is 10.0. The van der Waals surface area contributed by atoms with E-state index in [1.807, 2.05) is 46.9 Å². The van der Waals surface area contributed by atoms with Gasteiger partial charge in [-0.3, -0.25) is 0 Å². The lowest BCUT2D eigenvalue weighted by Crippen LogP contribution is -2.00. The van der Waals surface area contributed by atoms with Gasteiger partial charge in [-0.05, 0) is 105 Å². The van der Waals surface area contributed by atoms with Crippen LogP contribution in [0.3, 0.4) is 0 Å². The lowest BCUT2D eigenvalue weighted by molar-refractivity contribution is 0.669. The molecule has 0 fully saturated rings. The summed E-state index contributed by atoms with van der Waals surface area (Å²) >= 11 is 3.71. The monoisotopic (exact) mass is 915 g/mol. The molecule has 14 aromatic rings. The summed E-state index contributed by atoms with van der Waals surface area (Å²) in [6, 6.07) is 79.8. The van der Waals surface area contributed by atoms with Crippen molar-refractivity contribution in [3.8, 4) is 78.7 Å². The average Bonchev–Trinajstić information content (AvgIpc) is 4.12. The van der Waals surface area contributed by atoms with E-state index in [0.717, 1.165) is 66.4 Å². The molecule has 0 aliphatic heterocycles. The summed E-state index contributed by atoms with van der Waals surface area (Å²) in [6.07, 6.45) is 0. The second-order valence-electron chi connectivity index (χ2n) is 17.5. The van der Waals surface area contributed by atoms with Crippen LogP contribution in [0.15, 0.2) is 229 Å². The highest BCUT2D eigenvalue weighted by atomic mass is 32.1. The molecule has 69 heavy (non-hydrogen) atoms. The summed E-state index contributed by atoms with van der Waals surface area (Å²) in [5, 5.41) is 7.10. The van der Waals surface area contributed by atoms with Gasteiger partial charge in [-0.25, -0.2) is 15.0 Å². The van der Waals surface area contributed by atoms with Crippen LogP contribution in [0.1, 0.15) is 0 Å². The highest BCUT2D eigenvalue weighted by molar-refractivity contribution is 7.26. The Bertz CT molecular complexity index is 4220. The third-order valence-corrected chi connectivity index (χ3v) is 15.6. The van der Waals surface area contributed by atoms with E-state index in [1.54, 1.807) is 0 Å². The summed E-state index contributed by atoms with van der Waals surface area (Å²) in [5.74, 6) is 1.77. The molecule has 0 saturated carbocycles. The zero-order chi connectivity index (χ0) is 45.4. The average molecular weight is 916 g/mol. The van der Waals surface area contributed by atoms with Crippen molar-refractivity contribution >= 4 is 85.0 Å². The molecular weight excluding hydrogens is 879 g/mol. The standard InChI is InChI=1S/C63H37N3OS2/c1-3-14-38(15-4-1)40-18-11-20-44(32-40)61-64-62(45-21-12-19-41(33-45)39-16-5-2-6-17-39)66-63(65-61)50-24-13-25-54-59(50)52-34-43(29-31-53(52)67-54)51-35-46(37-58-60(51)49-23-8-10-27-56(49)69-58)42-28-30-48-47-22-7-9-26-55(47)68-57(48)36-42/h1-37H. The molecule has 10 aromatic carbocycles. The van der Waals surface area contributed by atoms with Crippen molar-refractivity contribution in [3.63, 3.8) is 0 Å². The Hall–Kier alpha value is -8.55. The number of rotatable bonds is 7. The lowest BCUT2D eigenvalue weighted by atomic mass is 9.93. The maximum absolute atomic E-state index is 6.70. The van der Waals surface area contributed by atoms with Crippen LogP contribution in [0.4, 0.5) is 0 Å². The van der Waals surface area contributed by atoms with Crippen LogP contribution in [0.5, 0.6) is 0 Å². The highest BCUT2D eigenvalue weighted by Crippen LogP contribution is 2.46. The number of benzene rings is 10. The number of fused-ring (bicyclic) bond motifs is 9. The molecule has 6 heteroatoms. The van der Waals surface area contributed by atoms with Gasteiger partial charge in [0.1, 0.15) is 11.2 Å². The van der Waals surface area contributed by atoms with Gasteiger partial charge in [0.15, 0.2) is 17.5 Å². The molecule has 0 spiro atoms. The largest absolute Gasteiger partial charge is 0.456 e. The topological polar surface area (TPSA) is 51.8 Å². The quantitative estimate of drug-likeness (QED) is 0.160. The second-order valence-corrected chi connectivity index (χ2v) is 19.7. The maximum Gasteiger partial charge on any atom is 0.164 e. The highest BCUT2D eigenvalue weighted by Gasteiger charge is 2.21. The minimum absolute atomic E-state index is 0.578. The Kier molecular flexibility index (Phi) is 9.22. The third-order valence-electron chi connectivity index (χ3n) is 13.3. The first-order valence-corrected chi connectivity index (χ1v) is 24.7. The summed E-state index contributed by atoms with van der Waals surface area (Å²) in [7, 11) is 0. The van der Waals surface area contributed by atoms with E-state index in [-0.39, 0.29) is 0 Å². The van der Waals surface area contributed by atoms with Gasteiger partial charge in [0.2, 0.25) is 0 Å². The van der Waals surface area contributed by atoms with Crippen LogP contribution in [-0.2, 0) is 0 Å². The van der Waals surface area contributed by atoms with Gasteiger partial charge in [0.25, 0.3) is 0 Å². The van der Waals surface area contributed by atoms with Gasteiger partial charge in [-0.2, -0.15) is 0 Å². The van der Waals surface area contributed by atoms with Gasteiger partial charge in [0.05, 0.1) is 0 Å². The van der Waals surface area contributed by atoms with Crippen molar-refractivity contribution in [2.75, 3.05) is 0 Å². The van der Waals surface area contributed by atoms with E-state index in [1.165, 1.54) is 57.0 Å². The number of hydrogen-bond acceptors (Lipinski definition) is 6. The van der Waals surface area contributed by atoms with Crippen LogP contribution in [0, 0.1) is 0 Å². The first kappa shape index (κ1) is 39.6. The molecule has 4 nitrogen and oxygen atoms in total. The van der Waals surface area contributed by atoms with E-state index in [9.17, 15) is 0 Å². The SMILES string of the molecule is c1ccc(-c2cccc(-c3nc(-c4cccc(-c5ccccc5)c4)nc(-c4cccc5oc6ccc(-c7cc(-c8ccc9c(c8)sc8ccccc89)cc8sc9ccccc9c78)cc6c45)n3)c2)cc1. The van der Waals surface area contributed by atoms with Crippen molar-refractivity contribution < 1.29 is 4.42 Å². The van der Waals surface area contributed by atoms with Gasteiger partial charge >= 0.3 is 0 Å². The maximum atomic E-state index is 6.70. The molecule has 0 N–H and O–H groups in total. The van der Waals surface area contributed by atoms with Crippen molar-refractivity contribution in [3.05, 3.63) is 224 Å².